The van der Waals surface area contributed by atoms with E-state index in [-0.39, 0.29) is 35.9 Å². The molecule has 19 heteroatoms. The van der Waals surface area contributed by atoms with Gasteiger partial charge in [0.1, 0.15) is 21.3 Å². The quantitative estimate of drug-likeness (QED) is 0.0758. The van der Waals surface area contributed by atoms with Crippen molar-refractivity contribution in [3.05, 3.63) is 53.4 Å². The van der Waals surface area contributed by atoms with Crippen molar-refractivity contribution in [2.24, 2.45) is 0 Å². The monoisotopic (exact) mass is 648 g/mol. The van der Waals surface area contributed by atoms with Gasteiger partial charge in [0.05, 0.1) is 6.20 Å². The van der Waals surface area contributed by atoms with E-state index in [9.17, 15) is 39.1 Å². The molecule has 3 aliphatic heterocycles. The molecule has 1 aromatic heterocycles. The Hall–Kier alpha value is -4.04. The fourth-order valence-electron chi connectivity index (χ4n) is 4.70. The number of nitrogens with one attached hydrogen (secondary N) is 3. The van der Waals surface area contributed by atoms with Gasteiger partial charge in [-0.05, 0) is 22.7 Å². The van der Waals surface area contributed by atoms with Gasteiger partial charge in [-0.3, -0.25) is 29.0 Å². The van der Waals surface area contributed by atoms with Gasteiger partial charge in [-0.25, -0.2) is 9.59 Å². The summed E-state index contributed by atoms with van der Waals surface area (Å²) in [5.74, 6) is -4.76. The van der Waals surface area contributed by atoms with Crippen LogP contribution in [0, 0.1) is 0 Å². The molecule has 3 aliphatic rings. The minimum Gasteiger partial charge on any atom is -0.477 e. The third-order valence-corrected chi connectivity index (χ3v) is 10.2. The lowest BCUT2D eigenvalue weighted by molar-refractivity contribution is -0.171. The Morgan fingerprint density at radius 2 is 1.91 bits per heavy atom. The molecule has 43 heavy (non-hydrogen) atoms. The number of carboxylic acid groups (broad SMARTS) is 1. The average Bonchev–Trinajstić information content (AvgIpc) is 3.53. The van der Waals surface area contributed by atoms with Crippen LogP contribution < -0.4 is 16.1 Å². The Morgan fingerprint density at radius 3 is 2.56 bits per heavy atom. The molecule has 3 atom stereocenters. The molecule has 2 saturated heterocycles. The molecule has 0 aliphatic carbocycles. The zero-order chi connectivity index (χ0) is 30.9. The Morgan fingerprint density at radius 1 is 1.16 bits per heavy atom. The van der Waals surface area contributed by atoms with Gasteiger partial charge < -0.3 is 25.8 Å². The Labute approximate surface area is 255 Å². The molecule has 0 spiro atoms. The van der Waals surface area contributed by atoms with Crippen LogP contribution in [0.15, 0.2) is 52.0 Å². The van der Waals surface area contributed by atoms with Crippen molar-refractivity contribution < 1.29 is 39.1 Å². The number of fused-ring (bicyclic) bond motifs is 1. The molecule has 6 amide bonds. The van der Waals surface area contributed by atoms with Crippen LogP contribution in [0.1, 0.15) is 11.6 Å². The van der Waals surface area contributed by atoms with Crippen LogP contribution in [-0.4, -0.2) is 113 Å². The topological polar surface area (TPSA) is 214 Å². The number of likely N-dealkylation sites (N-methyl/N-ethyl adjacent to an activating group) is 1. The van der Waals surface area contributed by atoms with Crippen LogP contribution in [0.25, 0.3) is 0 Å². The van der Waals surface area contributed by atoms with E-state index >= 15 is 0 Å². The molecule has 1 unspecified atom stereocenters. The second kappa shape index (κ2) is 12.3. The number of imide groups is 1. The summed E-state index contributed by atoms with van der Waals surface area (Å²) in [6.45, 7) is -0.00321. The summed E-state index contributed by atoms with van der Waals surface area (Å²) >= 11 is 3.58. The minimum atomic E-state index is -2.12. The number of β-lactam (4-membered cyclic amide) rings is 1. The van der Waals surface area contributed by atoms with Crippen LogP contribution in [0.4, 0.5) is 4.79 Å². The number of amides is 6. The van der Waals surface area contributed by atoms with Crippen molar-refractivity contribution in [1.82, 2.24) is 40.4 Å². The Balaban J connectivity index is 1.37. The number of rotatable bonds is 9. The van der Waals surface area contributed by atoms with Gasteiger partial charge in [-0.2, -0.15) is 5.48 Å². The van der Waals surface area contributed by atoms with E-state index in [4.69, 9.17) is 0 Å². The Bertz CT molecular complexity index is 1510. The van der Waals surface area contributed by atoms with E-state index in [2.05, 4.69) is 20.2 Å². The van der Waals surface area contributed by atoms with Crippen molar-refractivity contribution in [2.75, 3.05) is 31.6 Å². The highest BCUT2D eigenvalue weighted by Crippen LogP contribution is 2.46. The number of nitrogens with zero attached hydrogens (tertiary/aromatic N) is 5. The van der Waals surface area contributed by atoms with E-state index in [1.165, 1.54) is 35.8 Å². The van der Waals surface area contributed by atoms with Gasteiger partial charge in [-0.1, -0.05) is 34.8 Å². The molecule has 5 N–H and O–H groups in total. The van der Waals surface area contributed by atoms with Gasteiger partial charge >= 0.3 is 23.8 Å². The van der Waals surface area contributed by atoms with Crippen molar-refractivity contribution in [3.63, 3.8) is 0 Å². The molecular weight excluding hydrogens is 625 g/mol. The fraction of sp³-hybridized carbons (Fsp3) is 0.333. The maximum absolute atomic E-state index is 13.7. The number of aromatic nitrogens is 2. The molecule has 1 aromatic carbocycles. The molecule has 226 valence electrons. The molecule has 0 radical (unpaired) electrons. The number of carbonyl (C=O) groups is 6. The summed E-state index contributed by atoms with van der Waals surface area (Å²) in [6.07, 6.45) is 1.54. The van der Waals surface area contributed by atoms with Gasteiger partial charge in [0.25, 0.3) is 5.91 Å². The molecule has 2 fully saturated rings. The summed E-state index contributed by atoms with van der Waals surface area (Å²) in [6, 6.07) is 5.46. The molecule has 0 bridgehead atoms. The lowest BCUT2D eigenvalue weighted by Crippen LogP contribution is -2.85. The zero-order valence-electron chi connectivity index (χ0n) is 22.3. The summed E-state index contributed by atoms with van der Waals surface area (Å²) in [4.78, 5) is 79.9. The molecule has 5 rings (SSSR count). The first-order chi connectivity index (χ1) is 20.6. The van der Waals surface area contributed by atoms with Crippen LogP contribution in [0.5, 0.6) is 0 Å². The lowest BCUT2D eigenvalue weighted by Gasteiger charge is -2.56. The second-order valence-electron chi connectivity index (χ2n) is 9.51. The van der Waals surface area contributed by atoms with Crippen LogP contribution in [-0.2, 0) is 24.0 Å². The normalized spacial score (nSPS) is 22.6. The number of thioether (sulfide) groups is 2. The average molecular weight is 649 g/mol. The summed E-state index contributed by atoms with van der Waals surface area (Å²) in [7, 11) is 1.42. The van der Waals surface area contributed by atoms with Gasteiger partial charge in [0, 0.05) is 31.6 Å². The number of hydrogen-bond donors (Lipinski definition) is 5. The maximum Gasteiger partial charge on any atom is 0.352 e. The van der Waals surface area contributed by atoms with Gasteiger partial charge in [0.2, 0.25) is 11.6 Å². The first kappa shape index (κ1) is 30.4. The Kier molecular flexibility index (Phi) is 8.69. The predicted molar refractivity (Wildman–Crippen MR) is 151 cm³/mol. The minimum absolute atomic E-state index is 0.0992. The fourth-order valence-corrected chi connectivity index (χ4v) is 7.67. The standard InChI is InChI=1S/C24H24N8O8S3/c1-30-7-8-31(19(35)18(30)34)23(39)26-15(12-5-3-2-4-6-12)17(33)27-24(28-40)21(38)32-16(20(36)37)13(11-42-22(24)32)10-41-14-9-25-29-43-14/h2-6,9,15,22,28,40H,7-8,10-11H2,1H3,(H,26,39)(H,27,33)(H,36,37)/t15?,22-,24-/m0/s1. The van der Waals surface area contributed by atoms with Crippen molar-refractivity contribution in [2.45, 2.75) is 21.3 Å². The van der Waals surface area contributed by atoms with E-state index < -0.39 is 52.7 Å². The lowest BCUT2D eigenvalue weighted by atomic mass is 9.94. The highest BCUT2D eigenvalue weighted by atomic mass is 32.2. The van der Waals surface area contributed by atoms with Crippen LogP contribution in [0.3, 0.4) is 0 Å². The summed E-state index contributed by atoms with van der Waals surface area (Å²) in [5, 5.41) is 27.7. The van der Waals surface area contributed by atoms with Crippen molar-refractivity contribution in [3.8, 4) is 0 Å². The summed E-state index contributed by atoms with van der Waals surface area (Å²) in [5.41, 5.74) is 0.206. The van der Waals surface area contributed by atoms with Gasteiger partial charge in [0.15, 0.2) is 0 Å². The van der Waals surface area contributed by atoms with Crippen molar-refractivity contribution >= 4 is 70.7 Å². The number of hydrogen-bond acceptors (Lipinski definition) is 13. The molecule has 16 nitrogen and oxygen atoms in total. The third-order valence-electron chi connectivity index (χ3n) is 6.92. The molecule has 4 heterocycles. The number of carboxylic acids is 1. The number of hydroxylamine groups is 1. The maximum atomic E-state index is 13.7. The van der Waals surface area contributed by atoms with Crippen LogP contribution in [0.2, 0.25) is 0 Å². The first-order valence-electron chi connectivity index (χ1n) is 12.6. The first-order valence-corrected chi connectivity index (χ1v) is 15.4. The molecule has 2 aromatic rings. The molecular formula is C24H24N8O8S3. The number of urea groups is 1. The third kappa shape index (κ3) is 5.56. The second-order valence-corrected chi connectivity index (χ2v) is 12.6. The summed E-state index contributed by atoms with van der Waals surface area (Å²) < 4.78 is 4.53. The van der Waals surface area contributed by atoms with E-state index in [1.54, 1.807) is 24.4 Å². The van der Waals surface area contributed by atoms with E-state index in [0.29, 0.717) is 10.5 Å². The highest BCUT2D eigenvalue weighted by Gasteiger charge is 2.66. The predicted octanol–water partition coefficient (Wildman–Crippen LogP) is -0.573. The molecule has 0 saturated carbocycles. The zero-order valence-corrected chi connectivity index (χ0v) is 24.7. The number of benzene rings is 1. The van der Waals surface area contributed by atoms with E-state index in [1.807, 2.05) is 5.48 Å². The van der Waals surface area contributed by atoms with Gasteiger partial charge in [-0.15, -0.1) is 28.6 Å². The largest absolute Gasteiger partial charge is 0.477 e. The van der Waals surface area contributed by atoms with Crippen LogP contribution >= 0.6 is 35.1 Å². The smallest absolute Gasteiger partial charge is 0.352 e. The number of aliphatic carboxylic acids is 1. The number of piperazine rings is 1. The van der Waals surface area contributed by atoms with E-state index in [0.717, 1.165) is 32.4 Å². The van der Waals surface area contributed by atoms with Crippen molar-refractivity contribution in [1.29, 1.82) is 0 Å². The SMILES string of the molecule is CN1CCN(C(=O)NC(C(=O)N[C@]2(NO)C(=O)N3C(C(=O)O)=C(CSc4cnns4)CS[C@H]32)c2ccccc2)C(=O)C1=O. The number of carbonyl (C=O) groups excluding carboxylic acids is 5. The highest BCUT2D eigenvalue weighted by molar-refractivity contribution is 8.01.